The van der Waals surface area contributed by atoms with Crippen LogP contribution in [0.1, 0.15) is 10.4 Å². The van der Waals surface area contributed by atoms with Gasteiger partial charge in [-0.2, -0.15) is 0 Å². The summed E-state index contributed by atoms with van der Waals surface area (Å²) in [7, 11) is 0. The molecule has 0 saturated carbocycles. The average Bonchev–Trinajstić information content (AvgIpc) is 2.54. The van der Waals surface area contributed by atoms with Gasteiger partial charge < -0.3 is 5.11 Å². The first kappa shape index (κ1) is 10.6. The molecule has 2 rings (SSSR count). The van der Waals surface area contributed by atoms with E-state index < -0.39 is 0 Å². The van der Waals surface area contributed by atoms with Crippen LogP contribution < -0.4 is 4.87 Å². The van der Waals surface area contributed by atoms with E-state index in [9.17, 15) is 9.90 Å². The van der Waals surface area contributed by atoms with Crippen LogP contribution in [0.2, 0.25) is 0 Å². The van der Waals surface area contributed by atoms with Crippen LogP contribution in [-0.4, -0.2) is 16.3 Å². The Labute approximate surface area is 95.9 Å². The van der Waals surface area contributed by atoms with Crippen LogP contribution >= 0.6 is 11.3 Å². The molecule has 2 aromatic rings. The van der Waals surface area contributed by atoms with Crippen LogP contribution in [0.5, 0.6) is 5.88 Å². The maximum absolute atomic E-state index is 10.9. The molecule has 0 unspecified atom stereocenters. The minimum atomic E-state index is -0.289. The van der Waals surface area contributed by atoms with Crippen LogP contribution in [0, 0.1) is 6.92 Å². The van der Waals surface area contributed by atoms with Crippen molar-refractivity contribution >= 4 is 23.2 Å². The molecular weight excluding hydrogens is 224 g/mol. The number of nitrogens with one attached hydrogen (secondary N) is 1. The molecule has 0 fully saturated rings. The van der Waals surface area contributed by atoms with E-state index in [1.165, 1.54) is 6.21 Å². The van der Waals surface area contributed by atoms with Crippen molar-refractivity contribution in [2.24, 2.45) is 4.99 Å². The number of aryl methyl sites for hydroxylation is 1. The number of aromatic nitrogens is 1. The highest BCUT2D eigenvalue weighted by molar-refractivity contribution is 7.11. The van der Waals surface area contributed by atoms with Crippen molar-refractivity contribution < 1.29 is 5.11 Å². The first-order chi connectivity index (χ1) is 7.65. The Kier molecular flexibility index (Phi) is 2.87. The molecule has 4 nitrogen and oxygen atoms in total. The number of H-pyrrole nitrogens is 1. The number of hydrogen-bond acceptors (Lipinski definition) is 4. The Morgan fingerprint density at radius 1 is 1.50 bits per heavy atom. The molecule has 0 atom stereocenters. The SMILES string of the molecule is Cc1cccc(N=Cc2sc(=O)[nH]c2O)c1. The maximum Gasteiger partial charge on any atom is 0.307 e. The van der Waals surface area contributed by atoms with Crippen LogP contribution in [0.4, 0.5) is 5.69 Å². The molecular formula is C11H10N2O2S. The molecule has 1 heterocycles. The van der Waals surface area contributed by atoms with Gasteiger partial charge in [-0.05, 0) is 24.6 Å². The van der Waals surface area contributed by atoms with Crippen molar-refractivity contribution in [2.45, 2.75) is 6.92 Å². The normalized spacial score (nSPS) is 11.1. The Morgan fingerprint density at radius 2 is 2.31 bits per heavy atom. The van der Waals surface area contributed by atoms with E-state index in [-0.39, 0.29) is 10.8 Å². The molecule has 82 valence electrons. The summed E-state index contributed by atoms with van der Waals surface area (Å²) in [5.74, 6) is -0.133. The van der Waals surface area contributed by atoms with E-state index in [2.05, 4.69) is 9.98 Å². The summed E-state index contributed by atoms with van der Waals surface area (Å²) in [5.41, 5.74) is 1.90. The van der Waals surface area contributed by atoms with Crippen molar-refractivity contribution in [2.75, 3.05) is 0 Å². The van der Waals surface area contributed by atoms with E-state index >= 15 is 0 Å². The third-order valence-corrected chi connectivity index (χ3v) is 2.80. The van der Waals surface area contributed by atoms with Crippen LogP contribution in [-0.2, 0) is 0 Å². The lowest BCUT2D eigenvalue weighted by Crippen LogP contribution is -1.89. The quantitative estimate of drug-likeness (QED) is 0.782. The fourth-order valence-corrected chi connectivity index (χ4v) is 1.86. The number of benzene rings is 1. The first-order valence-corrected chi connectivity index (χ1v) is 5.49. The predicted molar refractivity (Wildman–Crippen MR) is 65.0 cm³/mol. The van der Waals surface area contributed by atoms with E-state index in [4.69, 9.17) is 0 Å². The molecule has 0 bridgehead atoms. The zero-order chi connectivity index (χ0) is 11.5. The number of hydrogen-bond donors (Lipinski definition) is 2. The van der Waals surface area contributed by atoms with Gasteiger partial charge in [0.1, 0.15) is 4.88 Å². The molecule has 0 radical (unpaired) electrons. The van der Waals surface area contributed by atoms with Gasteiger partial charge in [-0.25, -0.2) is 0 Å². The minimum Gasteiger partial charge on any atom is -0.493 e. The second-order valence-corrected chi connectivity index (χ2v) is 4.34. The van der Waals surface area contributed by atoms with Gasteiger partial charge >= 0.3 is 4.87 Å². The minimum absolute atomic E-state index is 0.133. The predicted octanol–water partition coefficient (Wildman–Crippen LogP) is 2.20. The molecule has 0 spiro atoms. The molecule has 2 N–H and O–H groups in total. The maximum atomic E-state index is 10.9. The summed E-state index contributed by atoms with van der Waals surface area (Å²) in [5, 5.41) is 9.33. The van der Waals surface area contributed by atoms with Crippen molar-refractivity contribution in [3.8, 4) is 5.88 Å². The van der Waals surface area contributed by atoms with Gasteiger partial charge in [-0.3, -0.25) is 14.8 Å². The van der Waals surface area contributed by atoms with E-state index in [0.717, 1.165) is 22.6 Å². The molecule has 0 amide bonds. The summed E-state index contributed by atoms with van der Waals surface area (Å²) in [6.45, 7) is 1.98. The van der Waals surface area contributed by atoms with E-state index in [0.29, 0.717) is 4.88 Å². The lowest BCUT2D eigenvalue weighted by molar-refractivity contribution is 0.455. The summed E-state index contributed by atoms with van der Waals surface area (Å²) < 4.78 is 0. The van der Waals surface area contributed by atoms with Gasteiger partial charge in [0, 0.05) is 0 Å². The van der Waals surface area contributed by atoms with Gasteiger partial charge in [0.2, 0.25) is 5.88 Å². The molecule has 0 aliphatic rings. The number of thiazole rings is 1. The lowest BCUT2D eigenvalue weighted by Gasteiger charge is -1.94. The second kappa shape index (κ2) is 4.32. The summed E-state index contributed by atoms with van der Waals surface area (Å²) in [6, 6.07) is 7.66. The Balaban J connectivity index is 2.28. The smallest absolute Gasteiger partial charge is 0.307 e. The zero-order valence-corrected chi connectivity index (χ0v) is 9.41. The highest BCUT2D eigenvalue weighted by Crippen LogP contribution is 2.16. The van der Waals surface area contributed by atoms with Gasteiger partial charge in [-0.15, -0.1) is 0 Å². The van der Waals surface area contributed by atoms with E-state index in [1.807, 2.05) is 31.2 Å². The largest absolute Gasteiger partial charge is 0.493 e. The third-order valence-electron chi connectivity index (χ3n) is 1.99. The van der Waals surface area contributed by atoms with Gasteiger partial charge in [-0.1, -0.05) is 23.5 Å². The first-order valence-electron chi connectivity index (χ1n) is 4.68. The van der Waals surface area contributed by atoms with Gasteiger partial charge in [0.25, 0.3) is 0 Å². The fourth-order valence-electron chi connectivity index (χ4n) is 1.26. The molecule has 1 aromatic heterocycles. The number of rotatable bonds is 2. The van der Waals surface area contributed by atoms with E-state index in [1.54, 1.807) is 0 Å². The monoisotopic (exact) mass is 234 g/mol. The molecule has 0 saturated heterocycles. The fraction of sp³-hybridized carbons (Fsp3) is 0.0909. The molecule has 5 heteroatoms. The van der Waals surface area contributed by atoms with Crippen LogP contribution in [0.25, 0.3) is 0 Å². The van der Waals surface area contributed by atoms with Crippen LogP contribution in [0.15, 0.2) is 34.1 Å². The average molecular weight is 234 g/mol. The second-order valence-electron chi connectivity index (χ2n) is 3.32. The zero-order valence-electron chi connectivity index (χ0n) is 8.60. The van der Waals surface area contributed by atoms with Crippen molar-refractivity contribution in [3.05, 3.63) is 44.4 Å². The summed E-state index contributed by atoms with van der Waals surface area (Å²) >= 11 is 0.927. The Morgan fingerprint density at radius 3 is 2.94 bits per heavy atom. The standard InChI is InChI=1S/C11H10N2O2S/c1-7-3-2-4-8(5-7)12-6-9-10(14)13-11(15)16-9/h2-6,14H,1H3,(H,13,15). The topological polar surface area (TPSA) is 65.5 Å². The molecule has 16 heavy (non-hydrogen) atoms. The third kappa shape index (κ3) is 2.38. The lowest BCUT2D eigenvalue weighted by atomic mass is 10.2. The van der Waals surface area contributed by atoms with Crippen molar-refractivity contribution in [3.63, 3.8) is 0 Å². The molecule has 0 aliphatic carbocycles. The van der Waals surface area contributed by atoms with Gasteiger partial charge in [0.05, 0.1) is 11.9 Å². The number of aromatic amines is 1. The van der Waals surface area contributed by atoms with Crippen molar-refractivity contribution in [1.82, 2.24) is 4.98 Å². The van der Waals surface area contributed by atoms with Crippen molar-refractivity contribution in [1.29, 1.82) is 0 Å². The van der Waals surface area contributed by atoms with Gasteiger partial charge in [0.15, 0.2) is 0 Å². The highest BCUT2D eigenvalue weighted by Gasteiger charge is 2.02. The number of aromatic hydroxyl groups is 1. The summed E-state index contributed by atoms with van der Waals surface area (Å²) in [4.78, 5) is 17.5. The highest BCUT2D eigenvalue weighted by atomic mass is 32.1. The number of aliphatic imine (C=N–C) groups is 1. The summed E-state index contributed by atoms with van der Waals surface area (Å²) in [6.07, 6.45) is 1.48. The molecule has 1 aromatic carbocycles. The molecule has 0 aliphatic heterocycles. The Bertz CT molecular complexity index is 584. The Hall–Kier alpha value is -1.88. The van der Waals surface area contributed by atoms with Crippen LogP contribution in [0.3, 0.4) is 0 Å². The number of nitrogens with zero attached hydrogens (tertiary/aromatic N) is 1.